The summed E-state index contributed by atoms with van der Waals surface area (Å²) in [6.07, 6.45) is 0.150. The molecule has 12 heavy (non-hydrogen) atoms. The van der Waals surface area contributed by atoms with Gasteiger partial charge in [-0.3, -0.25) is 0 Å². The van der Waals surface area contributed by atoms with Crippen LogP contribution in [-0.4, -0.2) is 17.6 Å². The predicted molar refractivity (Wildman–Crippen MR) is 50.1 cm³/mol. The molecule has 3 nitrogen and oxygen atoms in total. The lowest BCUT2D eigenvalue weighted by molar-refractivity contribution is 0.00989. The van der Waals surface area contributed by atoms with E-state index in [-0.39, 0.29) is 12.2 Å². The first kappa shape index (κ1) is 9.64. The summed E-state index contributed by atoms with van der Waals surface area (Å²) in [4.78, 5) is 4.15. The Labute approximate surface area is 76.6 Å². The Hall–Kier alpha value is -0.450. The van der Waals surface area contributed by atoms with Crippen molar-refractivity contribution in [3.05, 3.63) is 16.6 Å². The molecule has 0 fully saturated rings. The molecule has 1 aromatic rings. The van der Waals surface area contributed by atoms with E-state index in [1.807, 2.05) is 19.2 Å². The number of ether oxygens (including phenoxy) is 1. The first-order valence-electron chi connectivity index (χ1n) is 3.97. The van der Waals surface area contributed by atoms with Crippen molar-refractivity contribution in [1.29, 1.82) is 0 Å². The van der Waals surface area contributed by atoms with Crippen LogP contribution in [0.2, 0.25) is 0 Å². The van der Waals surface area contributed by atoms with Crippen LogP contribution in [0.25, 0.3) is 0 Å². The maximum Gasteiger partial charge on any atom is 0.113 e. The van der Waals surface area contributed by atoms with E-state index in [1.54, 1.807) is 16.8 Å². The van der Waals surface area contributed by atoms with Crippen molar-refractivity contribution in [2.75, 3.05) is 6.54 Å². The SMILES string of the molecule is CC(C)OC(CN)c1cscn1. The molecule has 1 heterocycles. The number of rotatable bonds is 4. The molecule has 0 spiro atoms. The van der Waals surface area contributed by atoms with Gasteiger partial charge < -0.3 is 10.5 Å². The number of nitrogens with zero attached hydrogens (tertiary/aromatic N) is 1. The van der Waals surface area contributed by atoms with E-state index in [9.17, 15) is 0 Å². The van der Waals surface area contributed by atoms with Crippen molar-refractivity contribution in [3.8, 4) is 0 Å². The van der Waals surface area contributed by atoms with E-state index in [4.69, 9.17) is 10.5 Å². The van der Waals surface area contributed by atoms with Crippen molar-refractivity contribution < 1.29 is 4.74 Å². The Kier molecular flexibility index (Phi) is 3.65. The topological polar surface area (TPSA) is 48.1 Å². The standard InChI is InChI=1S/C8H14N2OS/c1-6(2)11-8(3-9)7-4-12-5-10-7/h4-6,8H,3,9H2,1-2H3. The zero-order chi connectivity index (χ0) is 8.97. The highest BCUT2D eigenvalue weighted by molar-refractivity contribution is 7.07. The molecule has 1 unspecified atom stereocenters. The summed E-state index contributed by atoms with van der Waals surface area (Å²) < 4.78 is 5.56. The lowest BCUT2D eigenvalue weighted by Gasteiger charge is -2.16. The second-order valence-corrected chi connectivity index (χ2v) is 3.54. The van der Waals surface area contributed by atoms with Crippen molar-refractivity contribution in [3.63, 3.8) is 0 Å². The molecule has 0 radical (unpaired) electrons. The highest BCUT2D eigenvalue weighted by Crippen LogP contribution is 2.17. The Morgan fingerprint density at radius 2 is 2.42 bits per heavy atom. The van der Waals surface area contributed by atoms with Crippen LogP contribution in [-0.2, 0) is 4.74 Å². The molecule has 1 aromatic heterocycles. The lowest BCUT2D eigenvalue weighted by atomic mass is 10.3. The molecule has 0 aromatic carbocycles. The molecule has 1 atom stereocenters. The molecular weight excluding hydrogens is 172 g/mol. The number of thiazole rings is 1. The van der Waals surface area contributed by atoms with Gasteiger partial charge in [0, 0.05) is 11.9 Å². The number of nitrogens with two attached hydrogens (primary N) is 1. The number of hydrogen-bond acceptors (Lipinski definition) is 4. The van der Waals surface area contributed by atoms with E-state index in [0.29, 0.717) is 6.54 Å². The average Bonchev–Trinajstić information content (AvgIpc) is 2.51. The fourth-order valence-corrected chi connectivity index (χ4v) is 1.55. The van der Waals surface area contributed by atoms with E-state index in [2.05, 4.69) is 4.98 Å². The molecule has 68 valence electrons. The van der Waals surface area contributed by atoms with Crippen LogP contribution in [0.3, 0.4) is 0 Å². The molecule has 0 amide bonds. The summed E-state index contributed by atoms with van der Waals surface area (Å²) in [5.41, 5.74) is 8.29. The van der Waals surface area contributed by atoms with Gasteiger partial charge in [-0.05, 0) is 13.8 Å². The molecule has 2 N–H and O–H groups in total. The Morgan fingerprint density at radius 1 is 1.67 bits per heavy atom. The van der Waals surface area contributed by atoms with Crippen LogP contribution >= 0.6 is 11.3 Å². The quantitative estimate of drug-likeness (QED) is 0.776. The molecule has 1 rings (SSSR count). The van der Waals surface area contributed by atoms with Gasteiger partial charge in [-0.2, -0.15) is 0 Å². The second-order valence-electron chi connectivity index (χ2n) is 2.82. The minimum Gasteiger partial charge on any atom is -0.368 e. The van der Waals surface area contributed by atoms with Gasteiger partial charge in [-0.25, -0.2) is 4.98 Å². The zero-order valence-corrected chi connectivity index (χ0v) is 8.17. The van der Waals surface area contributed by atoms with Gasteiger partial charge in [0.05, 0.1) is 17.3 Å². The minimum atomic E-state index is -0.0451. The van der Waals surface area contributed by atoms with Crippen molar-refractivity contribution in [2.24, 2.45) is 5.73 Å². The van der Waals surface area contributed by atoms with Crippen LogP contribution in [0.1, 0.15) is 25.6 Å². The van der Waals surface area contributed by atoms with Gasteiger partial charge in [0.1, 0.15) is 6.10 Å². The highest BCUT2D eigenvalue weighted by atomic mass is 32.1. The smallest absolute Gasteiger partial charge is 0.113 e. The molecular formula is C8H14N2OS. The zero-order valence-electron chi connectivity index (χ0n) is 7.36. The van der Waals surface area contributed by atoms with Crippen LogP contribution in [0.4, 0.5) is 0 Å². The largest absolute Gasteiger partial charge is 0.368 e. The fraction of sp³-hybridized carbons (Fsp3) is 0.625. The second kappa shape index (κ2) is 4.54. The summed E-state index contributed by atoms with van der Waals surface area (Å²) in [6, 6.07) is 0. The Bertz CT molecular complexity index is 211. The first-order chi connectivity index (χ1) is 5.74. The summed E-state index contributed by atoms with van der Waals surface area (Å²) in [5.74, 6) is 0. The Morgan fingerprint density at radius 3 is 2.83 bits per heavy atom. The fourth-order valence-electron chi connectivity index (χ4n) is 0.955. The molecule has 0 aliphatic heterocycles. The van der Waals surface area contributed by atoms with Crippen molar-refractivity contribution in [1.82, 2.24) is 4.98 Å². The maximum absolute atomic E-state index is 5.56. The van der Waals surface area contributed by atoms with Gasteiger partial charge in [0.25, 0.3) is 0 Å². The summed E-state index contributed by atoms with van der Waals surface area (Å²) in [5, 5.41) is 1.97. The monoisotopic (exact) mass is 186 g/mol. The average molecular weight is 186 g/mol. The normalized spacial score (nSPS) is 13.7. The van der Waals surface area contributed by atoms with Crippen LogP contribution in [0.15, 0.2) is 10.9 Å². The summed E-state index contributed by atoms with van der Waals surface area (Å²) in [7, 11) is 0. The van der Waals surface area contributed by atoms with E-state index in [0.717, 1.165) is 5.69 Å². The molecule has 0 saturated heterocycles. The molecule has 0 bridgehead atoms. The molecule has 4 heteroatoms. The third-order valence-corrected chi connectivity index (χ3v) is 2.04. The summed E-state index contributed by atoms with van der Waals surface area (Å²) >= 11 is 1.56. The van der Waals surface area contributed by atoms with Gasteiger partial charge in [0.2, 0.25) is 0 Å². The number of aromatic nitrogens is 1. The minimum absolute atomic E-state index is 0.0451. The van der Waals surface area contributed by atoms with Crippen LogP contribution in [0, 0.1) is 0 Å². The van der Waals surface area contributed by atoms with Crippen molar-refractivity contribution >= 4 is 11.3 Å². The Balaban J connectivity index is 2.57. The van der Waals surface area contributed by atoms with E-state index in [1.165, 1.54) is 0 Å². The number of hydrogen-bond donors (Lipinski definition) is 1. The third kappa shape index (κ3) is 2.55. The van der Waals surface area contributed by atoms with Crippen LogP contribution in [0.5, 0.6) is 0 Å². The van der Waals surface area contributed by atoms with E-state index >= 15 is 0 Å². The molecule has 0 saturated carbocycles. The summed E-state index contributed by atoms with van der Waals surface area (Å²) in [6.45, 7) is 4.48. The molecule has 0 aliphatic rings. The molecule has 0 aliphatic carbocycles. The maximum atomic E-state index is 5.56. The van der Waals surface area contributed by atoms with Crippen molar-refractivity contribution in [2.45, 2.75) is 26.1 Å². The van der Waals surface area contributed by atoms with Crippen LogP contribution < -0.4 is 5.73 Å². The van der Waals surface area contributed by atoms with Gasteiger partial charge in [-0.1, -0.05) is 0 Å². The van der Waals surface area contributed by atoms with Gasteiger partial charge in [-0.15, -0.1) is 11.3 Å². The lowest BCUT2D eigenvalue weighted by Crippen LogP contribution is -2.19. The third-order valence-electron chi connectivity index (χ3n) is 1.43. The van der Waals surface area contributed by atoms with E-state index < -0.39 is 0 Å². The highest BCUT2D eigenvalue weighted by Gasteiger charge is 2.12. The van der Waals surface area contributed by atoms with Gasteiger partial charge >= 0.3 is 0 Å². The predicted octanol–water partition coefficient (Wildman–Crippen LogP) is 1.57. The first-order valence-corrected chi connectivity index (χ1v) is 4.92. The van der Waals surface area contributed by atoms with Gasteiger partial charge in [0.15, 0.2) is 0 Å².